The fraction of sp³-hybridized carbons (Fsp3) is 0.586. The lowest BCUT2D eigenvalue weighted by molar-refractivity contribution is 0.138. The molecule has 0 spiro atoms. The van der Waals surface area contributed by atoms with Crippen molar-refractivity contribution >= 4 is 0 Å². The molecule has 1 saturated heterocycles. The van der Waals surface area contributed by atoms with Crippen LogP contribution in [0.2, 0.25) is 0 Å². The SMILES string of the molecule is Cc1ccccc1C1CCc2cc(OC3CCC(NCCCC4CCOC4)CC3)ccc2O1. The molecule has 4 nitrogen and oxygen atoms in total. The summed E-state index contributed by atoms with van der Waals surface area (Å²) in [7, 11) is 0. The summed E-state index contributed by atoms with van der Waals surface area (Å²) in [5.41, 5.74) is 3.89. The molecule has 33 heavy (non-hydrogen) atoms. The lowest BCUT2D eigenvalue weighted by atomic mass is 9.92. The van der Waals surface area contributed by atoms with E-state index in [2.05, 4.69) is 54.7 Å². The van der Waals surface area contributed by atoms with Gasteiger partial charge in [-0.05, 0) is 112 Å². The first-order chi connectivity index (χ1) is 16.2. The molecule has 1 aliphatic carbocycles. The molecule has 178 valence electrons. The minimum absolute atomic E-state index is 0.153. The lowest BCUT2D eigenvalue weighted by Crippen LogP contribution is -2.36. The Bertz CT molecular complexity index is 899. The smallest absolute Gasteiger partial charge is 0.124 e. The van der Waals surface area contributed by atoms with Gasteiger partial charge in [-0.3, -0.25) is 0 Å². The zero-order valence-corrected chi connectivity index (χ0v) is 20.1. The minimum atomic E-state index is 0.153. The minimum Gasteiger partial charge on any atom is -0.490 e. The third-order valence-electron chi connectivity index (χ3n) is 7.74. The molecule has 3 aliphatic rings. The number of benzene rings is 2. The van der Waals surface area contributed by atoms with Gasteiger partial charge in [0.25, 0.3) is 0 Å². The monoisotopic (exact) mass is 449 g/mol. The number of hydrogen-bond donors (Lipinski definition) is 1. The van der Waals surface area contributed by atoms with Crippen LogP contribution in [0.1, 0.15) is 74.2 Å². The Labute approximate surface area is 199 Å². The predicted molar refractivity (Wildman–Crippen MR) is 132 cm³/mol. The largest absolute Gasteiger partial charge is 0.490 e. The summed E-state index contributed by atoms with van der Waals surface area (Å²) in [5.74, 6) is 2.81. The molecular weight excluding hydrogens is 410 g/mol. The Morgan fingerprint density at radius 2 is 1.88 bits per heavy atom. The van der Waals surface area contributed by atoms with Crippen molar-refractivity contribution in [3.63, 3.8) is 0 Å². The van der Waals surface area contributed by atoms with Gasteiger partial charge in [-0.25, -0.2) is 0 Å². The van der Waals surface area contributed by atoms with E-state index >= 15 is 0 Å². The summed E-state index contributed by atoms with van der Waals surface area (Å²) in [5, 5.41) is 3.78. The number of ether oxygens (including phenoxy) is 3. The highest BCUT2D eigenvalue weighted by molar-refractivity contribution is 5.43. The normalized spacial score (nSPS) is 27.1. The fourth-order valence-corrected chi connectivity index (χ4v) is 5.69. The molecule has 2 aromatic carbocycles. The van der Waals surface area contributed by atoms with Gasteiger partial charge in [0, 0.05) is 19.3 Å². The number of rotatable bonds is 8. The van der Waals surface area contributed by atoms with Gasteiger partial charge >= 0.3 is 0 Å². The van der Waals surface area contributed by atoms with Crippen molar-refractivity contribution in [2.45, 2.75) is 83.0 Å². The zero-order chi connectivity index (χ0) is 22.5. The number of nitrogens with one attached hydrogen (secondary N) is 1. The van der Waals surface area contributed by atoms with Gasteiger partial charge in [-0.1, -0.05) is 24.3 Å². The van der Waals surface area contributed by atoms with Gasteiger partial charge in [0.15, 0.2) is 0 Å². The predicted octanol–water partition coefficient (Wildman–Crippen LogP) is 6.16. The van der Waals surface area contributed by atoms with Crippen molar-refractivity contribution in [1.29, 1.82) is 0 Å². The second-order valence-corrected chi connectivity index (χ2v) is 10.2. The van der Waals surface area contributed by atoms with E-state index in [0.29, 0.717) is 12.1 Å². The maximum absolute atomic E-state index is 6.40. The van der Waals surface area contributed by atoms with Gasteiger partial charge in [-0.2, -0.15) is 0 Å². The Balaban J connectivity index is 1.06. The molecule has 0 amide bonds. The van der Waals surface area contributed by atoms with Crippen LogP contribution in [0.3, 0.4) is 0 Å². The van der Waals surface area contributed by atoms with Crippen LogP contribution in [0.5, 0.6) is 11.5 Å². The van der Waals surface area contributed by atoms with Crippen LogP contribution in [0, 0.1) is 12.8 Å². The van der Waals surface area contributed by atoms with Gasteiger partial charge in [0.05, 0.1) is 6.10 Å². The standard InChI is InChI=1S/C29H39NO3/c1-21-5-2-3-7-27(21)29-14-8-23-19-26(13-15-28(23)33-29)32-25-11-9-24(10-12-25)30-17-4-6-22-16-18-31-20-22/h2-3,5,7,13,15,19,22,24-25,29-30H,4,6,8-12,14,16-18,20H2,1H3. The molecule has 1 N–H and O–H groups in total. The summed E-state index contributed by atoms with van der Waals surface area (Å²) in [6.45, 7) is 5.25. The fourth-order valence-electron chi connectivity index (χ4n) is 5.69. The van der Waals surface area contributed by atoms with E-state index in [4.69, 9.17) is 14.2 Å². The van der Waals surface area contributed by atoms with Crippen LogP contribution in [0.4, 0.5) is 0 Å². The molecule has 1 saturated carbocycles. The van der Waals surface area contributed by atoms with Crippen LogP contribution in [-0.2, 0) is 11.2 Å². The quantitative estimate of drug-likeness (QED) is 0.490. The second kappa shape index (κ2) is 10.9. The van der Waals surface area contributed by atoms with Gasteiger partial charge < -0.3 is 19.5 Å². The first kappa shape index (κ1) is 22.7. The molecule has 2 atom stereocenters. The Morgan fingerprint density at radius 3 is 2.70 bits per heavy atom. The van der Waals surface area contributed by atoms with Crippen LogP contribution < -0.4 is 14.8 Å². The third kappa shape index (κ3) is 5.91. The van der Waals surface area contributed by atoms with Crippen LogP contribution in [-0.4, -0.2) is 31.9 Å². The van der Waals surface area contributed by atoms with Crippen LogP contribution >= 0.6 is 0 Å². The van der Waals surface area contributed by atoms with E-state index < -0.39 is 0 Å². The first-order valence-electron chi connectivity index (χ1n) is 13.1. The maximum Gasteiger partial charge on any atom is 0.124 e. The van der Waals surface area contributed by atoms with Gasteiger partial charge in [-0.15, -0.1) is 0 Å². The molecular formula is C29H39NO3. The summed E-state index contributed by atoms with van der Waals surface area (Å²) in [6, 6.07) is 15.6. The molecule has 0 aromatic heterocycles. The Hall–Kier alpha value is -2.04. The molecule has 0 radical (unpaired) electrons. The second-order valence-electron chi connectivity index (χ2n) is 10.2. The van der Waals surface area contributed by atoms with E-state index in [1.807, 2.05) is 0 Å². The number of fused-ring (bicyclic) bond motifs is 1. The lowest BCUT2D eigenvalue weighted by Gasteiger charge is -2.31. The number of aryl methyl sites for hydroxylation is 2. The summed E-state index contributed by atoms with van der Waals surface area (Å²) in [4.78, 5) is 0. The Morgan fingerprint density at radius 1 is 1.00 bits per heavy atom. The molecule has 4 heteroatoms. The number of hydrogen-bond acceptors (Lipinski definition) is 4. The Kier molecular flexibility index (Phi) is 7.53. The van der Waals surface area contributed by atoms with Crippen LogP contribution in [0.25, 0.3) is 0 Å². The summed E-state index contributed by atoms with van der Waals surface area (Å²) >= 11 is 0. The van der Waals surface area contributed by atoms with Crippen molar-refractivity contribution in [3.05, 3.63) is 59.2 Å². The van der Waals surface area contributed by atoms with E-state index in [0.717, 1.165) is 62.9 Å². The average molecular weight is 450 g/mol. The third-order valence-corrected chi connectivity index (χ3v) is 7.74. The molecule has 2 heterocycles. The van der Waals surface area contributed by atoms with Crippen molar-refractivity contribution in [2.24, 2.45) is 5.92 Å². The van der Waals surface area contributed by atoms with Gasteiger partial charge in [0.1, 0.15) is 17.6 Å². The summed E-state index contributed by atoms with van der Waals surface area (Å²) < 4.78 is 18.2. The first-order valence-corrected chi connectivity index (χ1v) is 13.1. The van der Waals surface area contributed by atoms with E-state index in [9.17, 15) is 0 Å². The molecule has 2 fully saturated rings. The van der Waals surface area contributed by atoms with Crippen LogP contribution in [0.15, 0.2) is 42.5 Å². The van der Waals surface area contributed by atoms with Crippen molar-refractivity contribution in [1.82, 2.24) is 5.32 Å². The maximum atomic E-state index is 6.40. The summed E-state index contributed by atoms with van der Waals surface area (Å²) in [6.07, 6.45) is 11.1. The highest BCUT2D eigenvalue weighted by atomic mass is 16.5. The zero-order valence-electron chi connectivity index (χ0n) is 20.1. The highest BCUT2D eigenvalue weighted by Gasteiger charge is 2.25. The molecule has 2 aromatic rings. The molecule has 2 aliphatic heterocycles. The average Bonchev–Trinajstić information content (AvgIpc) is 3.37. The van der Waals surface area contributed by atoms with E-state index in [1.165, 1.54) is 48.8 Å². The molecule has 0 bridgehead atoms. The van der Waals surface area contributed by atoms with Gasteiger partial charge in [0.2, 0.25) is 0 Å². The van der Waals surface area contributed by atoms with E-state index in [-0.39, 0.29) is 6.10 Å². The van der Waals surface area contributed by atoms with Crippen molar-refractivity contribution < 1.29 is 14.2 Å². The van der Waals surface area contributed by atoms with Crippen molar-refractivity contribution in [3.8, 4) is 11.5 Å². The van der Waals surface area contributed by atoms with Crippen molar-refractivity contribution in [2.75, 3.05) is 19.8 Å². The molecule has 5 rings (SSSR count). The molecule has 2 unspecified atom stereocenters. The highest BCUT2D eigenvalue weighted by Crippen LogP contribution is 2.38. The van der Waals surface area contributed by atoms with E-state index in [1.54, 1.807) is 0 Å². The topological polar surface area (TPSA) is 39.7 Å².